The second-order valence-electron chi connectivity index (χ2n) is 7.96. The molecule has 0 radical (unpaired) electrons. The molecule has 2 bridgehead atoms. The lowest BCUT2D eigenvalue weighted by molar-refractivity contribution is -0.114. The quantitative estimate of drug-likeness (QED) is 0.689. The van der Waals surface area contributed by atoms with Gasteiger partial charge in [0.1, 0.15) is 4.32 Å². The van der Waals surface area contributed by atoms with E-state index >= 15 is 0 Å². The largest absolute Gasteiger partial charge is 0.356 e. The Morgan fingerprint density at radius 2 is 1.77 bits per heavy atom. The molecule has 3 heterocycles. The van der Waals surface area contributed by atoms with Crippen LogP contribution in [0.25, 0.3) is 0 Å². The Hall–Kier alpha value is -2.65. The molecule has 4 rings (SSSR count). The highest BCUT2D eigenvalue weighted by molar-refractivity contribution is 8.23. The van der Waals surface area contributed by atoms with Gasteiger partial charge >= 0.3 is 0 Å². The summed E-state index contributed by atoms with van der Waals surface area (Å²) in [4.78, 5) is 37.8. The number of rotatable bonds is 4. The molecule has 2 aromatic rings. The normalized spacial score (nSPS) is 19.3. The highest BCUT2D eigenvalue weighted by atomic mass is 32.2. The first kappa shape index (κ1) is 21.6. The Kier molecular flexibility index (Phi) is 6.43. The van der Waals surface area contributed by atoms with Gasteiger partial charge in [-0.25, -0.2) is 0 Å². The maximum atomic E-state index is 12.3. The summed E-state index contributed by atoms with van der Waals surface area (Å²) in [6, 6.07) is 12.5. The maximum Gasteiger partial charge on any atom is 0.250 e. The minimum Gasteiger partial charge on any atom is -0.356 e. The number of pyridine rings is 1. The number of thioether (sulfide) groups is 1. The van der Waals surface area contributed by atoms with Gasteiger partial charge in [0.25, 0.3) is 5.56 Å². The zero-order valence-corrected chi connectivity index (χ0v) is 18.8. The fourth-order valence-corrected chi connectivity index (χ4v) is 5.29. The van der Waals surface area contributed by atoms with E-state index in [1.165, 1.54) is 18.7 Å². The number of carbonyl (C=O) groups excluding carboxylic acids is 2. The van der Waals surface area contributed by atoms with Gasteiger partial charge in [-0.15, -0.1) is 0 Å². The maximum absolute atomic E-state index is 12.3. The fourth-order valence-electron chi connectivity index (χ4n) is 4.30. The second-order valence-corrected chi connectivity index (χ2v) is 9.57. The summed E-state index contributed by atoms with van der Waals surface area (Å²) in [5.74, 6) is 0.637. The highest BCUT2D eigenvalue weighted by Gasteiger charge is 2.35. The molecule has 9 heteroatoms. The van der Waals surface area contributed by atoms with Gasteiger partial charge < -0.3 is 20.1 Å². The van der Waals surface area contributed by atoms with Crippen molar-refractivity contribution >= 4 is 51.5 Å². The van der Waals surface area contributed by atoms with Crippen LogP contribution in [0.3, 0.4) is 0 Å². The second kappa shape index (κ2) is 9.23. The first-order chi connectivity index (χ1) is 14.9. The first-order valence-electron chi connectivity index (χ1n) is 10.2. The number of carbonyl (C=O) groups is 2. The van der Waals surface area contributed by atoms with E-state index in [1.807, 2.05) is 16.7 Å². The van der Waals surface area contributed by atoms with E-state index in [4.69, 9.17) is 12.2 Å². The molecule has 0 unspecified atom stereocenters. The van der Waals surface area contributed by atoms with Gasteiger partial charge in [0.2, 0.25) is 11.8 Å². The van der Waals surface area contributed by atoms with Gasteiger partial charge in [-0.3, -0.25) is 14.4 Å². The topological polar surface area (TPSA) is 83.4 Å². The molecular formula is C22H24N4O3S2. The van der Waals surface area contributed by atoms with E-state index in [9.17, 15) is 14.4 Å². The van der Waals surface area contributed by atoms with Crippen LogP contribution in [0.1, 0.15) is 25.0 Å². The molecule has 2 atom stereocenters. The number of hydrogen-bond donors (Lipinski definition) is 2. The molecule has 7 nitrogen and oxygen atoms in total. The summed E-state index contributed by atoms with van der Waals surface area (Å²) < 4.78 is 2.62. The van der Waals surface area contributed by atoms with Crippen LogP contribution in [-0.4, -0.2) is 44.4 Å². The molecule has 2 aliphatic heterocycles. The zero-order chi connectivity index (χ0) is 22.0. The van der Waals surface area contributed by atoms with Crippen molar-refractivity contribution < 1.29 is 9.59 Å². The van der Waals surface area contributed by atoms with E-state index in [0.29, 0.717) is 17.3 Å². The Balaban J connectivity index is 1.30. The van der Waals surface area contributed by atoms with Crippen LogP contribution < -0.4 is 16.2 Å². The summed E-state index contributed by atoms with van der Waals surface area (Å²) >= 11 is 6.98. The molecule has 1 fully saturated rings. The van der Waals surface area contributed by atoms with E-state index in [-0.39, 0.29) is 29.0 Å². The number of anilines is 2. The number of benzene rings is 1. The molecule has 2 aliphatic rings. The third-order valence-corrected chi connectivity index (χ3v) is 7.08. The molecule has 2 amide bonds. The lowest BCUT2D eigenvalue weighted by Crippen LogP contribution is -2.48. The van der Waals surface area contributed by atoms with Gasteiger partial charge in [0.15, 0.2) is 0 Å². The van der Waals surface area contributed by atoms with Crippen molar-refractivity contribution in [3.63, 3.8) is 0 Å². The Labute approximate surface area is 190 Å². The zero-order valence-electron chi connectivity index (χ0n) is 17.2. The number of amides is 2. The van der Waals surface area contributed by atoms with Crippen molar-refractivity contribution in [1.82, 2.24) is 9.47 Å². The van der Waals surface area contributed by atoms with E-state index in [1.54, 1.807) is 30.3 Å². The van der Waals surface area contributed by atoms with Gasteiger partial charge in [0, 0.05) is 55.6 Å². The Bertz CT molecular complexity index is 1070. The van der Waals surface area contributed by atoms with Gasteiger partial charge in [-0.1, -0.05) is 30.0 Å². The Morgan fingerprint density at radius 3 is 2.48 bits per heavy atom. The summed E-state index contributed by atoms with van der Waals surface area (Å²) in [6.07, 6.45) is 1.07. The molecule has 0 saturated carbocycles. The standard InChI is InChI=1S/C22H24N4O3S2/c1-14(27)23-17-5-7-18(8-6-17)24-20(28)13-31-22(30)25-10-15-9-16(12-25)19-3-2-4-21(29)26(19)11-15/h2-8,15-16H,9-13H2,1H3,(H,23,27)(H,24,28)/t15-,16-/m0/s1. The van der Waals surface area contributed by atoms with Crippen molar-refractivity contribution in [3.8, 4) is 0 Å². The van der Waals surface area contributed by atoms with E-state index < -0.39 is 0 Å². The number of hydrogen-bond acceptors (Lipinski definition) is 5. The lowest BCUT2D eigenvalue weighted by atomic mass is 9.83. The molecule has 1 saturated heterocycles. The van der Waals surface area contributed by atoms with Gasteiger partial charge in [-0.2, -0.15) is 0 Å². The SMILES string of the molecule is CC(=O)Nc1ccc(NC(=O)CSC(=S)N2C[C@@H]3C[C@@H](C2)c2cccc(=O)n2C3)cc1. The summed E-state index contributed by atoms with van der Waals surface area (Å²) in [5.41, 5.74) is 2.50. The smallest absolute Gasteiger partial charge is 0.250 e. The predicted octanol–water partition coefficient (Wildman–Crippen LogP) is 2.88. The third-order valence-electron chi connectivity index (χ3n) is 5.55. The van der Waals surface area contributed by atoms with Crippen LogP contribution in [0.4, 0.5) is 11.4 Å². The van der Waals surface area contributed by atoms with Crippen molar-refractivity contribution in [2.75, 3.05) is 29.5 Å². The van der Waals surface area contributed by atoms with Crippen LogP contribution in [0.5, 0.6) is 0 Å². The number of piperidine rings is 1. The van der Waals surface area contributed by atoms with E-state index in [0.717, 1.165) is 36.1 Å². The number of nitrogens with zero attached hydrogens (tertiary/aromatic N) is 2. The molecule has 162 valence electrons. The fraction of sp³-hybridized carbons (Fsp3) is 0.364. The molecular weight excluding hydrogens is 432 g/mol. The number of thiocarbonyl (C=S) groups is 1. The van der Waals surface area contributed by atoms with Crippen molar-refractivity contribution in [3.05, 3.63) is 58.5 Å². The van der Waals surface area contributed by atoms with E-state index in [2.05, 4.69) is 15.5 Å². The lowest BCUT2D eigenvalue weighted by Gasteiger charge is -2.43. The number of aromatic nitrogens is 1. The van der Waals surface area contributed by atoms with Crippen LogP contribution >= 0.6 is 24.0 Å². The van der Waals surface area contributed by atoms with Crippen molar-refractivity contribution in [2.24, 2.45) is 5.92 Å². The van der Waals surface area contributed by atoms with Crippen LogP contribution in [-0.2, 0) is 16.1 Å². The third kappa shape index (κ3) is 5.16. The molecule has 31 heavy (non-hydrogen) atoms. The minimum atomic E-state index is -0.140. The summed E-state index contributed by atoms with van der Waals surface area (Å²) in [5, 5.41) is 5.54. The van der Waals surface area contributed by atoms with Gasteiger partial charge in [0.05, 0.1) is 5.75 Å². The predicted molar refractivity (Wildman–Crippen MR) is 128 cm³/mol. The number of nitrogens with one attached hydrogen (secondary N) is 2. The molecule has 0 spiro atoms. The minimum absolute atomic E-state index is 0.0689. The van der Waals surface area contributed by atoms with Crippen LogP contribution in [0, 0.1) is 5.92 Å². The van der Waals surface area contributed by atoms with Crippen LogP contribution in [0.15, 0.2) is 47.3 Å². The van der Waals surface area contributed by atoms with Gasteiger partial charge in [-0.05, 0) is 42.7 Å². The summed E-state index contributed by atoms with van der Waals surface area (Å²) in [6.45, 7) is 3.77. The number of likely N-dealkylation sites (tertiary alicyclic amines) is 1. The number of fused-ring (bicyclic) bond motifs is 4. The first-order valence-corrected chi connectivity index (χ1v) is 11.6. The highest BCUT2D eigenvalue weighted by Crippen LogP contribution is 2.36. The van der Waals surface area contributed by atoms with Crippen molar-refractivity contribution in [1.29, 1.82) is 0 Å². The average molecular weight is 457 g/mol. The van der Waals surface area contributed by atoms with Crippen LogP contribution in [0.2, 0.25) is 0 Å². The molecule has 0 aliphatic carbocycles. The molecule has 1 aromatic carbocycles. The van der Waals surface area contributed by atoms with Crippen molar-refractivity contribution in [2.45, 2.75) is 25.8 Å². The monoisotopic (exact) mass is 456 g/mol. The molecule has 1 aromatic heterocycles. The summed E-state index contributed by atoms with van der Waals surface area (Å²) in [7, 11) is 0. The molecule has 2 N–H and O–H groups in total. The average Bonchev–Trinajstić information content (AvgIpc) is 2.74. The Morgan fingerprint density at radius 1 is 1.06 bits per heavy atom.